The van der Waals surface area contributed by atoms with Crippen molar-refractivity contribution in [2.75, 3.05) is 25.6 Å². The SMILES string of the molecule is CCOC(=O)c1c(NC(=O)COC(=O)Cc2cc(C)ccc2OC)sc(C)c1C. The normalized spacial score (nSPS) is 10.4. The highest BCUT2D eigenvalue weighted by Crippen LogP contribution is 2.33. The molecule has 29 heavy (non-hydrogen) atoms. The number of hydrogen-bond acceptors (Lipinski definition) is 7. The van der Waals surface area contributed by atoms with Crippen molar-refractivity contribution in [3.8, 4) is 5.75 Å². The average molecular weight is 419 g/mol. The second-order valence-electron chi connectivity index (χ2n) is 6.41. The molecule has 1 N–H and O–H groups in total. The van der Waals surface area contributed by atoms with E-state index in [1.54, 1.807) is 19.9 Å². The molecule has 0 atom stereocenters. The monoisotopic (exact) mass is 419 g/mol. The van der Waals surface area contributed by atoms with E-state index in [0.717, 1.165) is 16.0 Å². The van der Waals surface area contributed by atoms with Crippen LogP contribution in [0.5, 0.6) is 5.75 Å². The van der Waals surface area contributed by atoms with Crippen LogP contribution >= 0.6 is 11.3 Å². The van der Waals surface area contributed by atoms with Gasteiger partial charge in [0.2, 0.25) is 0 Å². The first-order chi connectivity index (χ1) is 13.8. The number of aryl methyl sites for hydroxylation is 2. The van der Waals surface area contributed by atoms with Crippen molar-refractivity contribution < 1.29 is 28.6 Å². The van der Waals surface area contributed by atoms with Crippen molar-refractivity contribution in [3.05, 3.63) is 45.3 Å². The van der Waals surface area contributed by atoms with Crippen LogP contribution in [0.2, 0.25) is 0 Å². The van der Waals surface area contributed by atoms with Gasteiger partial charge in [0.15, 0.2) is 6.61 Å². The van der Waals surface area contributed by atoms with Crippen LogP contribution in [0.15, 0.2) is 18.2 Å². The Morgan fingerprint density at radius 3 is 2.48 bits per heavy atom. The summed E-state index contributed by atoms with van der Waals surface area (Å²) in [5.41, 5.74) is 2.76. The van der Waals surface area contributed by atoms with E-state index in [2.05, 4.69) is 5.32 Å². The zero-order chi connectivity index (χ0) is 21.6. The number of methoxy groups -OCH3 is 1. The maximum Gasteiger partial charge on any atom is 0.341 e. The molecule has 0 radical (unpaired) electrons. The molecular weight excluding hydrogens is 394 g/mol. The summed E-state index contributed by atoms with van der Waals surface area (Å²) in [4.78, 5) is 37.4. The Morgan fingerprint density at radius 1 is 1.10 bits per heavy atom. The number of thiophene rings is 1. The molecule has 0 saturated heterocycles. The predicted molar refractivity (Wildman–Crippen MR) is 111 cm³/mol. The van der Waals surface area contributed by atoms with E-state index >= 15 is 0 Å². The molecule has 0 aliphatic heterocycles. The number of anilines is 1. The molecular formula is C21H25NO6S. The second kappa shape index (κ2) is 10.1. The van der Waals surface area contributed by atoms with Gasteiger partial charge in [-0.1, -0.05) is 17.7 Å². The molecule has 0 unspecified atom stereocenters. The predicted octanol–water partition coefficient (Wildman–Crippen LogP) is 3.58. The van der Waals surface area contributed by atoms with Crippen molar-refractivity contribution in [1.29, 1.82) is 0 Å². The summed E-state index contributed by atoms with van der Waals surface area (Å²) in [6, 6.07) is 5.50. The minimum atomic E-state index is -0.548. The molecule has 156 valence electrons. The molecule has 2 aromatic rings. The van der Waals surface area contributed by atoms with Crippen LogP contribution in [-0.4, -0.2) is 38.2 Å². The molecule has 1 aromatic heterocycles. The van der Waals surface area contributed by atoms with Gasteiger partial charge in [0.05, 0.1) is 25.7 Å². The summed E-state index contributed by atoms with van der Waals surface area (Å²) < 4.78 is 15.4. The van der Waals surface area contributed by atoms with Crippen LogP contribution in [0.3, 0.4) is 0 Å². The molecule has 0 fully saturated rings. The van der Waals surface area contributed by atoms with Gasteiger partial charge >= 0.3 is 11.9 Å². The van der Waals surface area contributed by atoms with Crippen molar-refractivity contribution in [1.82, 2.24) is 0 Å². The minimum Gasteiger partial charge on any atom is -0.496 e. The number of nitrogens with one attached hydrogen (secondary N) is 1. The average Bonchev–Trinajstić information content (AvgIpc) is 2.94. The highest BCUT2D eigenvalue weighted by Gasteiger charge is 2.22. The fourth-order valence-electron chi connectivity index (χ4n) is 2.72. The second-order valence-corrected chi connectivity index (χ2v) is 7.63. The summed E-state index contributed by atoms with van der Waals surface area (Å²) in [5, 5.41) is 3.03. The van der Waals surface area contributed by atoms with E-state index in [4.69, 9.17) is 14.2 Å². The summed E-state index contributed by atoms with van der Waals surface area (Å²) in [7, 11) is 1.53. The van der Waals surface area contributed by atoms with Gasteiger partial charge in [-0.2, -0.15) is 0 Å². The third kappa shape index (κ3) is 5.80. The summed E-state index contributed by atoms with van der Waals surface area (Å²) in [6.45, 7) is 7.06. The van der Waals surface area contributed by atoms with E-state index in [1.807, 2.05) is 26.0 Å². The van der Waals surface area contributed by atoms with Gasteiger partial charge in [-0.25, -0.2) is 4.79 Å². The lowest BCUT2D eigenvalue weighted by atomic mass is 10.1. The first-order valence-electron chi connectivity index (χ1n) is 9.12. The molecule has 1 heterocycles. The van der Waals surface area contributed by atoms with Gasteiger partial charge in [0.25, 0.3) is 5.91 Å². The van der Waals surface area contributed by atoms with Crippen LogP contribution in [0.4, 0.5) is 5.00 Å². The highest BCUT2D eigenvalue weighted by atomic mass is 32.1. The van der Waals surface area contributed by atoms with E-state index < -0.39 is 24.5 Å². The van der Waals surface area contributed by atoms with E-state index in [9.17, 15) is 14.4 Å². The fourth-order valence-corrected chi connectivity index (χ4v) is 3.79. The number of ether oxygens (including phenoxy) is 3. The molecule has 1 amide bonds. The zero-order valence-electron chi connectivity index (χ0n) is 17.2. The number of benzene rings is 1. The lowest BCUT2D eigenvalue weighted by Gasteiger charge is -2.10. The van der Waals surface area contributed by atoms with Gasteiger partial charge in [-0.05, 0) is 39.3 Å². The number of esters is 2. The highest BCUT2D eigenvalue weighted by molar-refractivity contribution is 7.16. The van der Waals surface area contributed by atoms with Crippen molar-refractivity contribution in [2.24, 2.45) is 0 Å². The van der Waals surface area contributed by atoms with E-state index in [-0.39, 0.29) is 13.0 Å². The Balaban J connectivity index is 1.99. The van der Waals surface area contributed by atoms with Crippen molar-refractivity contribution in [3.63, 3.8) is 0 Å². The number of amides is 1. The first-order valence-corrected chi connectivity index (χ1v) is 9.94. The minimum absolute atomic E-state index is 0.0105. The van der Waals surface area contributed by atoms with E-state index in [1.165, 1.54) is 18.4 Å². The summed E-state index contributed by atoms with van der Waals surface area (Å²) in [5.74, 6) is -0.983. The standard InChI is InChI=1S/C21H25NO6S/c1-6-27-21(25)19-13(3)14(4)29-20(19)22-17(23)11-28-18(24)10-15-9-12(2)7-8-16(15)26-5/h7-9H,6,10-11H2,1-5H3,(H,22,23). The van der Waals surface area contributed by atoms with Gasteiger partial charge < -0.3 is 19.5 Å². The molecule has 0 saturated carbocycles. The van der Waals surface area contributed by atoms with Crippen LogP contribution in [0, 0.1) is 20.8 Å². The van der Waals surface area contributed by atoms with Gasteiger partial charge in [0, 0.05) is 10.4 Å². The molecule has 1 aromatic carbocycles. The third-order valence-electron chi connectivity index (χ3n) is 4.25. The Bertz CT molecular complexity index is 918. The molecule has 8 heteroatoms. The quantitative estimate of drug-likeness (QED) is 0.658. The lowest BCUT2D eigenvalue weighted by molar-refractivity contribution is -0.146. The van der Waals surface area contributed by atoms with Crippen molar-refractivity contribution in [2.45, 2.75) is 34.1 Å². The molecule has 7 nitrogen and oxygen atoms in total. The molecule has 0 spiro atoms. The topological polar surface area (TPSA) is 90.9 Å². The largest absolute Gasteiger partial charge is 0.496 e. The maximum atomic E-state index is 12.2. The summed E-state index contributed by atoms with van der Waals surface area (Å²) in [6.07, 6.45) is -0.0105. The van der Waals surface area contributed by atoms with Crippen LogP contribution < -0.4 is 10.1 Å². The van der Waals surface area contributed by atoms with Crippen LogP contribution in [0.1, 0.15) is 38.8 Å². The molecule has 0 bridgehead atoms. The third-order valence-corrected chi connectivity index (χ3v) is 5.38. The number of rotatable bonds is 8. The number of carbonyl (C=O) groups is 3. The first kappa shape index (κ1) is 22.4. The molecule has 0 aliphatic rings. The number of hydrogen-bond donors (Lipinski definition) is 1. The van der Waals surface area contributed by atoms with Crippen molar-refractivity contribution >= 4 is 34.2 Å². The molecule has 2 rings (SSSR count). The lowest BCUT2D eigenvalue weighted by Crippen LogP contribution is -2.22. The smallest absolute Gasteiger partial charge is 0.341 e. The van der Waals surface area contributed by atoms with Gasteiger partial charge in [0.1, 0.15) is 10.8 Å². The van der Waals surface area contributed by atoms with Gasteiger partial charge in [-0.3, -0.25) is 9.59 Å². The Morgan fingerprint density at radius 2 is 1.83 bits per heavy atom. The summed E-state index contributed by atoms with van der Waals surface area (Å²) >= 11 is 1.28. The Hall–Kier alpha value is -2.87. The van der Waals surface area contributed by atoms with Crippen LogP contribution in [0.25, 0.3) is 0 Å². The zero-order valence-corrected chi connectivity index (χ0v) is 18.0. The van der Waals surface area contributed by atoms with E-state index in [0.29, 0.717) is 21.9 Å². The molecule has 0 aliphatic carbocycles. The van der Waals surface area contributed by atoms with Gasteiger partial charge in [-0.15, -0.1) is 11.3 Å². The maximum absolute atomic E-state index is 12.2. The fraction of sp³-hybridized carbons (Fsp3) is 0.381. The van der Waals surface area contributed by atoms with Crippen LogP contribution in [-0.2, 0) is 25.5 Å². The number of carbonyl (C=O) groups excluding carboxylic acids is 3. The Labute approximate surface area is 174 Å². The Kier molecular flexibility index (Phi) is 7.78.